The van der Waals surface area contributed by atoms with E-state index in [0.29, 0.717) is 0 Å². The average Bonchev–Trinajstić information content (AvgIpc) is 1.90. The first-order valence-electron chi connectivity index (χ1n) is 2.93. The largest absolute Gasteiger partial charge is 0.365 e. The van der Waals surface area contributed by atoms with Crippen LogP contribution in [-0.2, 0) is 4.79 Å². The van der Waals surface area contributed by atoms with Crippen molar-refractivity contribution in [2.75, 3.05) is 5.75 Å². The Balaban J connectivity index is 2.57. The molecule has 1 rings (SSSR count). The number of hydrogen-bond donors (Lipinski definition) is 1. The molecule has 0 aromatic heterocycles. The third-order valence-corrected chi connectivity index (χ3v) is 2.35. The van der Waals surface area contributed by atoms with Gasteiger partial charge in [0.05, 0.1) is 4.91 Å². The van der Waals surface area contributed by atoms with E-state index in [9.17, 15) is 4.79 Å². The second-order valence-corrected chi connectivity index (χ2v) is 3.06. The Morgan fingerprint density at radius 3 is 2.89 bits per heavy atom. The number of allylic oxidation sites excluding steroid dienone is 1. The lowest BCUT2D eigenvalue weighted by Gasteiger charge is -2.07. The maximum atomic E-state index is 10.5. The van der Waals surface area contributed by atoms with E-state index in [-0.39, 0.29) is 5.91 Å². The third kappa shape index (κ3) is 1.75. The standard InChI is InChI=1S/C6H9NOS/c7-6(8)5-3-1-2-4-9-5/h3H,1-2,4H2,(H2,7,8). The van der Waals surface area contributed by atoms with Crippen LogP contribution < -0.4 is 5.73 Å². The van der Waals surface area contributed by atoms with E-state index < -0.39 is 0 Å². The highest BCUT2D eigenvalue weighted by molar-refractivity contribution is 8.04. The zero-order valence-corrected chi connectivity index (χ0v) is 5.91. The van der Waals surface area contributed by atoms with E-state index >= 15 is 0 Å². The van der Waals surface area contributed by atoms with Crippen molar-refractivity contribution in [3.63, 3.8) is 0 Å². The molecule has 0 aliphatic carbocycles. The van der Waals surface area contributed by atoms with Gasteiger partial charge >= 0.3 is 0 Å². The van der Waals surface area contributed by atoms with Crippen LogP contribution in [0.4, 0.5) is 0 Å². The van der Waals surface area contributed by atoms with Crippen LogP contribution in [0.5, 0.6) is 0 Å². The minimum Gasteiger partial charge on any atom is -0.365 e. The summed E-state index contributed by atoms with van der Waals surface area (Å²) in [5.74, 6) is 0.758. The van der Waals surface area contributed by atoms with Crippen molar-refractivity contribution in [1.29, 1.82) is 0 Å². The van der Waals surface area contributed by atoms with Gasteiger partial charge in [-0.3, -0.25) is 4.79 Å². The van der Waals surface area contributed by atoms with Crippen LogP contribution in [0.25, 0.3) is 0 Å². The second kappa shape index (κ2) is 2.92. The first-order chi connectivity index (χ1) is 4.30. The van der Waals surface area contributed by atoms with Crippen molar-refractivity contribution in [2.45, 2.75) is 12.8 Å². The molecule has 0 fully saturated rings. The Morgan fingerprint density at radius 1 is 1.78 bits per heavy atom. The topological polar surface area (TPSA) is 43.1 Å². The van der Waals surface area contributed by atoms with E-state index in [1.807, 2.05) is 6.08 Å². The van der Waals surface area contributed by atoms with E-state index in [0.717, 1.165) is 17.1 Å². The first-order valence-corrected chi connectivity index (χ1v) is 3.92. The predicted octanol–water partition coefficient (Wildman–Crippen LogP) is 0.883. The number of thioether (sulfide) groups is 1. The molecular formula is C6H9NOS. The van der Waals surface area contributed by atoms with Crippen molar-refractivity contribution >= 4 is 17.7 Å². The minimum atomic E-state index is -0.278. The molecule has 0 bridgehead atoms. The van der Waals surface area contributed by atoms with Gasteiger partial charge in [0.1, 0.15) is 0 Å². The fourth-order valence-corrected chi connectivity index (χ4v) is 1.64. The van der Waals surface area contributed by atoms with Crippen LogP contribution in [-0.4, -0.2) is 11.7 Å². The molecule has 0 radical (unpaired) electrons. The Labute approximate surface area is 58.5 Å². The molecule has 9 heavy (non-hydrogen) atoms. The Morgan fingerprint density at radius 2 is 2.56 bits per heavy atom. The molecule has 0 saturated carbocycles. The molecule has 0 spiro atoms. The van der Waals surface area contributed by atoms with Gasteiger partial charge in [-0.2, -0.15) is 0 Å². The van der Waals surface area contributed by atoms with E-state index in [4.69, 9.17) is 5.73 Å². The minimum absolute atomic E-state index is 0.278. The molecule has 1 amide bonds. The molecule has 50 valence electrons. The van der Waals surface area contributed by atoms with Crippen molar-refractivity contribution in [3.05, 3.63) is 11.0 Å². The Hall–Kier alpha value is -0.440. The molecule has 0 aromatic carbocycles. The molecule has 0 unspecified atom stereocenters. The summed E-state index contributed by atoms with van der Waals surface area (Å²) >= 11 is 1.56. The maximum Gasteiger partial charge on any atom is 0.254 e. The van der Waals surface area contributed by atoms with Gasteiger partial charge in [0.25, 0.3) is 5.91 Å². The summed E-state index contributed by atoms with van der Waals surface area (Å²) in [4.78, 5) is 11.2. The van der Waals surface area contributed by atoms with Gasteiger partial charge in [0.2, 0.25) is 0 Å². The lowest BCUT2D eigenvalue weighted by atomic mass is 10.3. The SMILES string of the molecule is NC(=O)C1=CCCCS1. The van der Waals surface area contributed by atoms with Gasteiger partial charge in [-0.05, 0) is 18.6 Å². The number of nitrogens with two attached hydrogens (primary N) is 1. The summed E-state index contributed by atoms with van der Waals surface area (Å²) in [6.07, 6.45) is 4.09. The molecule has 0 saturated heterocycles. The fraction of sp³-hybridized carbons (Fsp3) is 0.500. The number of amides is 1. The fourth-order valence-electron chi connectivity index (χ4n) is 0.729. The monoisotopic (exact) mass is 143 g/mol. The van der Waals surface area contributed by atoms with Gasteiger partial charge in [0, 0.05) is 0 Å². The Kier molecular flexibility index (Phi) is 2.16. The summed E-state index contributed by atoms with van der Waals surface area (Å²) in [5.41, 5.74) is 5.04. The molecule has 1 heterocycles. The second-order valence-electron chi connectivity index (χ2n) is 1.92. The van der Waals surface area contributed by atoms with Crippen molar-refractivity contribution in [3.8, 4) is 0 Å². The lowest BCUT2D eigenvalue weighted by Crippen LogP contribution is -2.13. The van der Waals surface area contributed by atoms with Gasteiger partial charge < -0.3 is 5.73 Å². The van der Waals surface area contributed by atoms with E-state index in [1.54, 1.807) is 11.8 Å². The normalized spacial score (nSPS) is 18.9. The molecule has 2 N–H and O–H groups in total. The molecule has 1 aliphatic heterocycles. The molecule has 1 aliphatic rings. The molecular weight excluding hydrogens is 134 g/mol. The van der Waals surface area contributed by atoms with Crippen molar-refractivity contribution in [1.82, 2.24) is 0 Å². The summed E-state index contributed by atoms with van der Waals surface area (Å²) in [5, 5.41) is 0. The van der Waals surface area contributed by atoms with E-state index in [1.165, 1.54) is 6.42 Å². The van der Waals surface area contributed by atoms with Gasteiger partial charge in [0.15, 0.2) is 0 Å². The lowest BCUT2D eigenvalue weighted by molar-refractivity contribution is -0.113. The van der Waals surface area contributed by atoms with Crippen LogP contribution >= 0.6 is 11.8 Å². The smallest absolute Gasteiger partial charge is 0.254 e. The highest BCUT2D eigenvalue weighted by Crippen LogP contribution is 2.22. The average molecular weight is 143 g/mol. The van der Waals surface area contributed by atoms with Gasteiger partial charge in [-0.25, -0.2) is 0 Å². The van der Waals surface area contributed by atoms with Crippen LogP contribution in [0.2, 0.25) is 0 Å². The first kappa shape index (κ1) is 6.68. The Bertz CT molecular complexity index is 153. The quantitative estimate of drug-likeness (QED) is 0.592. The molecule has 0 aromatic rings. The van der Waals surface area contributed by atoms with Gasteiger partial charge in [-0.15, -0.1) is 11.8 Å². The zero-order valence-electron chi connectivity index (χ0n) is 5.09. The summed E-state index contributed by atoms with van der Waals surface area (Å²) < 4.78 is 0. The summed E-state index contributed by atoms with van der Waals surface area (Å²) in [6.45, 7) is 0. The zero-order chi connectivity index (χ0) is 6.69. The molecule has 2 nitrogen and oxygen atoms in total. The summed E-state index contributed by atoms with van der Waals surface area (Å²) in [7, 11) is 0. The highest BCUT2D eigenvalue weighted by Gasteiger charge is 2.07. The maximum absolute atomic E-state index is 10.5. The number of carbonyl (C=O) groups is 1. The van der Waals surface area contributed by atoms with Crippen LogP contribution in [0.3, 0.4) is 0 Å². The van der Waals surface area contributed by atoms with Crippen LogP contribution in [0.15, 0.2) is 11.0 Å². The number of carbonyl (C=O) groups excluding carboxylic acids is 1. The van der Waals surface area contributed by atoms with Gasteiger partial charge in [-0.1, -0.05) is 6.08 Å². The third-order valence-electron chi connectivity index (χ3n) is 1.18. The highest BCUT2D eigenvalue weighted by atomic mass is 32.2. The van der Waals surface area contributed by atoms with Crippen LogP contribution in [0, 0.1) is 0 Å². The molecule has 3 heteroatoms. The van der Waals surface area contributed by atoms with Crippen LogP contribution in [0.1, 0.15) is 12.8 Å². The summed E-state index contributed by atoms with van der Waals surface area (Å²) in [6, 6.07) is 0. The number of hydrogen-bond acceptors (Lipinski definition) is 2. The number of rotatable bonds is 1. The molecule has 0 atom stereocenters. The van der Waals surface area contributed by atoms with E-state index in [2.05, 4.69) is 0 Å². The van der Waals surface area contributed by atoms with Crippen molar-refractivity contribution in [2.24, 2.45) is 5.73 Å². The predicted molar refractivity (Wildman–Crippen MR) is 39.0 cm³/mol. The number of primary amides is 1. The van der Waals surface area contributed by atoms with Crippen molar-refractivity contribution < 1.29 is 4.79 Å².